The number of rotatable bonds is 0. The van der Waals surface area contributed by atoms with E-state index >= 15 is 0 Å². The smallest absolute Gasteiger partial charge is 0.337 e. The molecule has 1 saturated heterocycles. The van der Waals surface area contributed by atoms with E-state index in [1.54, 1.807) is 0 Å². The van der Waals surface area contributed by atoms with Gasteiger partial charge in [-0.15, -0.1) is 23.2 Å². The molecule has 82 valence electrons. The minimum Gasteiger partial charge on any atom is -0.390 e. The molecule has 0 radical (unpaired) electrons. The first-order valence-electron chi connectivity index (χ1n) is 4.61. The van der Waals surface area contributed by atoms with E-state index in [1.807, 2.05) is 13.8 Å². The third-order valence-corrected chi connectivity index (χ3v) is 4.52. The summed E-state index contributed by atoms with van der Waals surface area (Å²) in [5.41, 5.74) is 1.99. The zero-order valence-electron chi connectivity index (χ0n) is 8.39. The number of carbonyl (C=O) groups is 2. The monoisotopic (exact) mass is 248 g/mol. The molecule has 2 rings (SSSR count). The van der Waals surface area contributed by atoms with Crippen molar-refractivity contribution >= 4 is 35.1 Å². The highest BCUT2D eigenvalue weighted by Gasteiger charge is 2.68. The van der Waals surface area contributed by atoms with Crippen molar-refractivity contribution in [3.8, 4) is 0 Å². The maximum absolute atomic E-state index is 11.5. The molecule has 0 bridgehead atoms. The molecule has 0 saturated carbocycles. The molecule has 0 N–H and O–H groups in total. The number of alkyl halides is 2. The molecule has 1 aliphatic carbocycles. The Balaban J connectivity index is 2.56. The third-order valence-electron chi connectivity index (χ3n) is 3.21. The molecule has 1 aliphatic heterocycles. The quantitative estimate of drug-likeness (QED) is 0.286. The number of hydrogen-bond donors (Lipinski definition) is 0. The summed E-state index contributed by atoms with van der Waals surface area (Å²) in [7, 11) is 0. The van der Waals surface area contributed by atoms with Crippen LogP contribution in [-0.4, -0.2) is 21.7 Å². The third kappa shape index (κ3) is 1.20. The van der Waals surface area contributed by atoms with E-state index in [-0.39, 0.29) is 12.8 Å². The van der Waals surface area contributed by atoms with E-state index in [1.165, 1.54) is 0 Å². The summed E-state index contributed by atoms with van der Waals surface area (Å²) in [5.74, 6) is -1.45. The molecular formula is C10H10Cl2O3. The van der Waals surface area contributed by atoms with Gasteiger partial charge in [0.2, 0.25) is 0 Å². The van der Waals surface area contributed by atoms with Crippen molar-refractivity contribution in [2.75, 3.05) is 0 Å². The SMILES string of the molecule is CC1=C(C)CC2(Cl)C(=O)OC(=O)C2(Cl)C1. The number of esters is 2. The van der Waals surface area contributed by atoms with Gasteiger partial charge in [0, 0.05) is 12.8 Å². The van der Waals surface area contributed by atoms with E-state index < -0.39 is 21.7 Å². The fourth-order valence-electron chi connectivity index (χ4n) is 2.03. The van der Waals surface area contributed by atoms with Crippen LogP contribution in [0.25, 0.3) is 0 Å². The fourth-order valence-corrected chi connectivity index (χ4v) is 2.79. The number of cyclic esters (lactones) is 2. The molecule has 15 heavy (non-hydrogen) atoms. The summed E-state index contributed by atoms with van der Waals surface area (Å²) in [4.78, 5) is 20.2. The van der Waals surface area contributed by atoms with E-state index in [0.29, 0.717) is 0 Å². The Labute approximate surface area is 97.4 Å². The van der Waals surface area contributed by atoms with Crippen LogP contribution in [0, 0.1) is 0 Å². The lowest BCUT2D eigenvalue weighted by Crippen LogP contribution is -2.51. The number of allylic oxidation sites excluding steroid dienone is 2. The summed E-state index contributed by atoms with van der Waals surface area (Å²) >= 11 is 12.3. The Kier molecular flexibility index (Phi) is 2.18. The Morgan fingerprint density at radius 1 is 1.00 bits per heavy atom. The molecule has 0 amide bonds. The van der Waals surface area contributed by atoms with Gasteiger partial charge in [0.15, 0.2) is 9.75 Å². The van der Waals surface area contributed by atoms with E-state index in [4.69, 9.17) is 23.2 Å². The van der Waals surface area contributed by atoms with Gasteiger partial charge < -0.3 is 4.74 Å². The van der Waals surface area contributed by atoms with Crippen molar-refractivity contribution in [1.82, 2.24) is 0 Å². The van der Waals surface area contributed by atoms with Crippen molar-refractivity contribution in [2.45, 2.75) is 36.4 Å². The second-order valence-electron chi connectivity index (χ2n) is 4.19. The highest BCUT2D eigenvalue weighted by atomic mass is 35.5. The molecule has 0 aromatic rings. The lowest BCUT2D eigenvalue weighted by Gasteiger charge is -2.35. The fraction of sp³-hybridized carbons (Fsp3) is 0.600. The van der Waals surface area contributed by atoms with Crippen molar-refractivity contribution in [3.63, 3.8) is 0 Å². The standard InChI is InChI=1S/C10H10Cl2O3/c1-5-3-9(11)7(13)15-8(14)10(9,12)4-6(5)2/h3-4H2,1-2H3. The van der Waals surface area contributed by atoms with E-state index in [2.05, 4.69) is 4.74 Å². The maximum atomic E-state index is 11.5. The molecule has 2 unspecified atom stereocenters. The summed E-state index contributed by atoms with van der Waals surface area (Å²) < 4.78 is 4.54. The molecule has 0 aromatic heterocycles. The second-order valence-corrected chi connectivity index (χ2v) is 5.48. The summed E-state index contributed by atoms with van der Waals surface area (Å²) in [6.45, 7) is 3.76. The van der Waals surface area contributed by atoms with E-state index in [0.717, 1.165) is 11.1 Å². The molecule has 2 aliphatic rings. The number of hydrogen-bond acceptors (Lipinski definition) is 3. The molecule has 1 fully saturated rings. The average Bonchev–Trinajstić information content (AvgIpc) is 2.28. The van der Waals surface area contributed by atoms with Gasteiger partial charge in [-0.3, -0.25) is 0 Å². The highest BCUT2D eigenvalue weighted by molar-refractivity contribution is 6.51. The van der Waals surface area contributed by atoms with Gasteiger partial charge in [0.05, 0.1) is 0 Å². The largest absolute Gasteiger partial charge is 0.390 e. The topological polar surface area (TPSA) is 43.4 Å². The normalized spacial score (nSPS) is 40.5. The van der Waals surface area contributed by atoms with Gasteiger partial charge in [-0.05, 0) is 13.8 Å². The number of halogens is 2. The van der Waals surface area contributed by atoms with Gasteiger partial charge in [-0.25, -0.2) is 9.59 Å². The van der Waals surface area contributed by atoms with Gasteiger partial charge in [-0.1, -0.05) is 11.1 Å². The second kappa shape index (κ2) is 2.98. The lowest BCUT2D eigenvalue weighted by molar-refractivity contribution is -0.153. The van der Waals surface area contributed by atoms with Crippen LogP contribution in [-0.2, 0) is 14.3 Å². The highest BCUT2D eigenvalue weighted by Crippen LogP contribution is 2.53. The number of fused-ring (bicyclic) bond motifs is 1. The first kappa shape index (κ1) is 11.0. The van der Waals surface area contributed by atoms with Gasteiger partial charge in [0.25, 0.3) is 0 Å². The Morgan fingerprint density at radius 3 is 1.67 bits per heavy atom. The van der Waals surface area contributed by atoms with Crippen LogP contribution in [0.1, 0.15) is 26.7 Å². The molecule has 3 nitrogen and oxygen atoms in total. The van der Waals surface area contributed by atoms with Crippen LogP contribution in [0.2, 0.25) is 0 Å². The zero-order valence-corrected chi connectivity index (χ0v) is 9.91. The predicted octanol–water partition coefficient (Wildman–Crippen LogP) is 2.16. The summed E-state index contributed by atoms with van der Waals surface area (Å²) in [5, 5.41) is 0. The molecule has 0 spiro atoms. The van der Waals surface area contributed by atoms with Gasteiger partial charge in [0.1, 0.15) is 0 Å². The zero-order chi connectivity index (χ0) is 11.4. The van der Waals surface area contributed by atoms with Crippen LogP contribution < -0.4 is 0 Å². The molecule has 2 atom stereocenters. The number of carbonyl (C=O) groups excluding carboxylic acids is 2. The van der Waals surface area contributed by atoms with Gasteiger partial charge in [-0.2, -0.15) is 0 Å². The summed E-state index contributed by atoms with van der Waals surface area (Å²) in [6.07, 6.45) is 0.545. The van der Waals surface area contributed by atoms with Crippen LogP contribution in [0.15, 0.2) is 11.1 Å². The predicted molar refractivity (Wildman–Crippen MR) is 55.9 cm³/mol. The van der Waals surface area contributed by atoms with Crippen molar-refractivity contribution < 1.29 is 14.3 Å². The Morgan fingerprint density at radius 2 is 1.33 bits per heavy atom. The molecule has 5 heteroatoms. The van der Waals surface area contributed by atoms with Crippen molar-refractivity contribution in [3.05, 3.63) is 11.1 Å². The minimum atomic E-state index is -1.42. The van der Waals surface area contributed by atoms with Crippen LogP contribution in [0.3, 0.4) is 0 Å². The maximum Gasteiger partial charge on any atom is 0.337 e. The van der Waals surface area contributed by atoms with Crippen LogP contribution >= 0.6 is 23.2 Å². The minimum absolute atomic E-state index is 0.272. The lowest BCUT2D eigenvalue weighted by atomic mass is 9.76. The van der Waals surface area contributed by atoms with Gasteiger partial charge >= 0.3 is 11.9 Å². The Bertz CT molecular complexity index is 365. The number of ether oxygens (including phenoxy) is 1. The first-order chi connectivity index (χ1) is 6.81. The summed E-state index contributed by atoms with van der Waals surface area (Å²) in [6, 6.07) is 0. The van der Waals surface area contributed by atoms with Crippen molar-refractivity contribution in [2.24, 2.45) is 0 Å². The molecule has 0 aromatic carbocycles. The van der Waals surface area contributed by atoms with Crippen LogP contribution in [0.4, 0.5) is 0 Å². The Hall–Kier alpha value is -0.540. The average molecular weight is 249 g/mol. The molecular weight excluding hydrogens is 239 g/mol. The van der Waals surface area contributed by atoms with E-state index in [9.17, 15) is 9.59 Å². The van der Waals surface area contributed by atoms with Crippen molar-refractivity contribution in [1.29, 1.82) is 0 Å². The van der Waals surface area contributed by atoms with Crippen LogP contribution in [0.5, 0.6) is 0 Å². The first-order valence-corrected chi connectivity index (χ1v) is 5.36. The molecule has 1 heterocycles.